The fourth-order valence-corrected chi connectivity index (χ4v) is 3.34. The van der Waals surface area contributed by atoms with Crippen molar-refractivity contribution in [3.05, 3.63) is 53.1 Å². The van der Waals surface area contributed by atoms with Crippen molar-refractivity contribution >= 4 is 38.9 Å². The number of sulfone groups is 1. The molecule has 2 amide bonds. The smallest absolute Gasteiger partial charge is 0.259 e. The van der Waals surface area contributed by atoms with Gasteiger partial charge in [-0.2, -0.15) is 0 Å². The fraction of sp³-hybridized carbons (Fsp3) is 0.222. The lowest BCUT2D eigenvalue weighted by molar-refractivity contribution is -0.130. The Hall–Kier alpha value is -2.58. The first-order chi connectivity index (χ1) is 12.6. The normalized spacial score (nSPS) is 11.0. The number of ether oxygens (including phenoxy) is 1. The number of anilines is 1. The minimum absolute atomic E-state index is 0.0582. The highest BCUT2D eigenvalue weighted by atomic mass is 35.5. The molecular weight excluding hydrogens is 392 g/mol. The second-order valence-corrected chi connectivity index (χ2v) is 8.36. The Balaban J connectivity index is 2.07. The number of nitrogens with one attached hydrogen (secondary N) is 1. The summed E-state index contributed by atoms with van der Waals surface area (Å²) in [6.45, 7) is -0.0856. The topological polar surface area (TPSA) is 92.8 Å². The van der Waals surface area contributed by atoms with Crippen LogP contribution in [-0.2, 0) is 14.6 Å². The average Bonchev–Trinajstić information content (AvgIpc) is 2.60. The summed E-state index contributed by atoms with van der Waals surface area (Å²) in [5.41, 5.74) is 0.652. The van der Waals surface area contributed by atoms with Crippen molar-refractivity contribution in [2.75, 3.05) is 32.3 Å². The molecule has 2 rings (SSSR count). The molecule has 2 aromatic carbocycles. The summed E-state index contributed by atoms with van der Waals surface area (Å²) in [4.78, 5) is 25.2. The molecule has 0 heterocycles. The van der Waals surface area contributed by atoms with Gasteiger partial charge >= 0.3 is 0 Å². The number of hydrogen-bond acceptors (Lipinski definition) is 5. The van der Waals surface area contributed by atoms with Crippen molar-refractivity contribution in [1.82, 2.24) is 4.90 Å². The second kappa shape index (κ2) is 8.41. The maximum absolute atomic E-state index is 12.3. The van der Waals surface area contributed by atoms with E-state index < -0.39 is 15.7 Å². The van der Waals surface area contributed by atoms with Crippen LogP contribution in [0.4, 0.5) is 5.69 Å². The van der Waals surface area contributed by atoms with E-state index in [1.54, 1.807) is 38.4 Å². The number of carbonyl (C=O) groups excluding carboxylic acids is 2. The molecular formula is C18H19ClN2O5S. The highest BCUT2D eigenvalue weighted by Gasteiger charge is 2.16. The Morgan fingerprint density at radius 3 is 2.30 bits per heavy atom. The molecule has 0 spiro atoms. The van der Waals surface area contributed by atoms with Crippen LogP contribution in [0, 0.1) is 0 Å². The number of hydrogen-bond donors (Lipinski definition) is 1. The quantitative estimate of drug-likeness (QED) is 0.789. The van der Waals surface area contributed by atoms with Crippen LogP contribution in [0.15, 0.2) is 47.4 Å². The van der Waals surface area contributed by atoms with Crippen molar-refractivity contribution in [2.24, 2.45) is 0 Å². The lowest BCUT2D eigenvalue weighted by Gasteiger charge is -2.12. The number of carbonyl (C=O) groups is 2. The van der Waals surface area contributed by atoms with Crippen LogP contribution in [-0.4, -0.2) is 52.1 Å². The van der Waals surface area contributed by atoms with E-state index in [0.29, 0.717) is 11.4 Å². The molecule has 1 N–H and O–H groups in total. The van der Waals surface area contributed by atoms with Gasteiger partial charge in [0.2, 0.25) is 0 Å². The van der Waals surface area contributed by atoms with Gasteiger partial charge in [0.05, 0.1) is 9.92 Å². The number of amides is 2. The standard InChI is InChI=1S/C18H19ClN2O5S/c1-21(2)17(22)11-26-14-7-5-13(6-8-14)20-18(23)12-4-9-15(19)16(10-12)27(3,24)25/h4-10H,11H2,1-3H3,(H,20,23). The summed E-state index contributed by atoms with van der Waals surface area (Å²) in [6.07, 6.45) is 1.02. The Morgan fingerprint density at radius 2 is 1.74 bits per heavy atom. The Morgan fingerprint density at radius 1 is 1.11 bits per heavy atom. The van der Waals surface area contributed by atoms with Crippen molar-refractivity contribution in [3.8, 4) is 5.75 Å². The third-order valence-corrected chi connectivity index (χ3v) is 5.14. The lowest BCUT2D eigenvalue weighted by Crippen LogP contribution is -2.27. The van der Waals surface area contributed by atoms with Crippen LogP contribution in [0.1, 0.15) is 10.4 Å². The number of likely N-dealkylation sites (N-methyl/N-ethyl adjacent to an activating group) is 1. The molecule has 0 aliphatic carbocycles. The van der Waals surface area contributed by atoms with Crippen LogP contribution in [0.25, 0.3) is 0 Å². The number of halogens is 1. The molecule has 0 aliphatic heterocycles. The molecule has 0 aromatic heterocycles. The summed E-state index contributed by atoms with van der Waals surface area (Å²) < 4.78 is 28.8. The summed E-state index contributed by atoms with van der Waals surface area (Å²) in [6, 6.07) is 10.5. The highest BCUT2D eigenvalue weighted by Crippen LogP contribution is 2.23. The van der Waals surface area contributed by atoms with E-state index in [1.165, 1.54) is 23.1 Å². The van der Waals surface area contributed by atoms with Crippen molar-refractivity contribution in [3.63, 3.8) is 0 Å². The third-order valence-electron chi connectivity index (χ3n) is 3.57. The molecule has 9 heteroatoms. The van der Waals surface area contributed by atoms with Crippen molar-refractivity contribution in [2.45, 2.75) is 4.90 Å². The zero-order valence-electron chi connectivity index (χ0n) is 15.0. The molecule has 0 bridgehead atoms. The second-order valence-electron chi connectivity index (χ2n) is 5.97. The monoisotopic (exact) mass is 410 g/mol. The van der Waals surface area contributed by atoms with E-state index in [-0.39, 0.29) is 28.0 Å². The zero-order chi connectivity index (χ0) is 20.2. The van der Waals surface area contributed by atoms with Crippen LogP contribution >= 0.6 is 11.6 Å². The maximum Gasteiger partial charge on any atom is 0.259 e. The summed E-state index contributed by atoms with van der Waals surface area (Å²) in [5.74, 6) is -0.168. The molecule has 0 atom stereocenters. The van der Waals surface area contributed by atoms with Gasteiger partial charge in [0, 0.05) is 31.6 Å². The summed E-state index contributed by atoms with van der Waals surface area (Å²) in [7, 11) is -0.277. The SMILES string of the molecule is CN(C)C(=O)COc1ccc(NC(=O)c2ccc(Cl)c(S(C)(=O)=O)c2)cc1. The van der Waals surface area contributed by atoms with Gasteiger partial charge in [0.1, 0.15) is 5.75 Å². The van der Waals surface area contributed by atoms with Gasteiger partial charge in [-0.1, -0.05) is 11.6 Å². The van der Waals surface area contributed by atoms with E-state index in [0.717, 1.165) is 6.26 Å². The number of benzene rings is 2. The molecule has 0 saturated carbocycles. The first-order valence-electron chi connectivity index (χ1n) is 7.82. The minimum Gasteiger partial charge on any atom is -0.484 e. The van der Waals surface area contributed by atoms with Gasteiger partial charge in [0.25, 0.3) is 11.8 Å². The number of nitrogens with zero attached hydrogens (tertiary/aromatic N) is 1. The maximum atomic E-state index is 12.3. The first kappa shape index (κ1) is 20.7. The van der Waals surface area contributed by atoms with E-state index >= 15 is 0 Å². The average molecular weight is 411 g/mol. The molecule has 0 unspecified atom stereocenters. The van der Waals surface area contributed by atoms with E-state index in [2.05, 4.69) is 5.32 Å². The fourth-order valence-electron chi connectivity index (χ4n) is 2.04. The van der Waals surface area contributed by atoms with E-state index in [4.69, 9.17) is 16.3 Å². The van der Waals surface area contributed by atoms with Crippen LogP contribution in [0.3, 0.4) is 0 Å². The van der Waals surface area contributed by atoms with Gasteiger partial charge in [0.15, 0.2) is 16.4 Å². The molecule has 2 aromatic rings. The Bertz CT molecular complexity index is 956. The zero-order valence-corrected chi connectivity index (χ0v) is 16.6. The van der Waals surface area contributed by atoms with Gasteiger partial charge in [-0.25, -0.2) is 8.42 Å². The third kappa shape index (κ3) is 5.70. The molecule has 0 fully saturated rings. The molecule has 7 nitrogen and oxygen atoms in total. The predicted octanol–water partition coefficient (Wildman–Crippen LogP) is 2.46. The van der Waals surface area contributed by atoms with Crippen molar-refractivity contribution in [1.29, 1.82) is 0 Å². The van der Waals surface area contributed by atoms with Crippen molar-refractivity contribution < 1.29 is 22.7 Å². The molecule has 0 radical (unpaired) electrons. The molecule has 144 valence electrons. The van der Waals surface area contributed by atoms with Crippen LogP contribution in [0.2, 0.25) is 5.02 Å². The van der Waals surface area contributed by atoms with Gasteiger partial charge in [-0.15, -0.1) is 0 Å². The number of rotatable bonds is 6. The predicted molar refractivity (Wildman–Crippen MR) is 103 cm³/mol. The van der Waals surface area contributed by atoms with E-state index in [9.17, 15) is 18.0 Å². The lowest BCUT2D eigenvalue weighted by atomic mass is 10.2. The van der Waals surface area contributed by atoms with Gasteiger partial charge in [-0.3, -0.25) is 9.59 Å². The molecule has 27 heavy (non-hydrogen) atoms. The highest BCUT2D eigenvalue weighted by molar-refractivity contribution is 7.90. The van der Waals surface area contributed by atoms with Gasteiger partial charge in [-0.05, 0) is 42.5 Å². The molecule has 0 aliphatic rings. The Labute approximate surface area is 162 Å². The molecule has 0 saturated heterocycles. The largest absolute Gasteiger partial charge is 0.484 e. The summed E-state index contributed by atoms with van der Waals surface area (Å²) >= 11 is 5.88. The summed E-state index contributed by atoms with van der Waals surface area (Å²) in [5, 5.41) is 2.72. The van der Waals surface area contributed by atoms with Crippen LogP contribution in [0.5, 0.6) is 5.75 Å². The van der Waals surface area contributed by atoms with Gasteiger partial charge < -0.3 is 15.0 Å². The minimum atomic E-state index is -3.55. The first-order valence-corrected chi connectivity index (χ1v) is 10.1. The van der Waals surface area contributed by atoms with Crippen LogP contribution < -0.4 is 10.1 Å². The Kier molecular flexibility index (Phi) is 6.45. The van der Waals surface area contributed by atoms with E-state index in [1.807, 2.05) is 0 Å².